The van der Waals surface area contributed by atoms with Crippen molar-refractivity contribution in [2.24, 2.45) is 0 Å². The van der Waals surface area contributed by atoms with Crippen LogP contribution in [0.25, 0.3) is 27.8 Å². The van der Waals surface area contributed by atoms with Crippen LogP contribution in [0.1, 0.15) is 5.56 Å². The van der Waals surface area contributed by atoms with Gasteiger partial charge in [-0.25, -0.2) is 4.98 Å². The van der Waals surface area contributed by atoms with Crippen LogP contribution in [-0.4, -0.2) is 14.5 Å². The van der Waals surface area contributed by atoms with Crippen molar-refractivity contribution >= 4 is 11.0 Å². The van der Waals surface area contributed by atoms with Gasteiger partial charge in [-0.1, -0.05) is 30.3 Å². The Balaban J connectivity index is 2.06. The summed E-state index contributed by atoms with van der Waals surface area (Å²) in [5.74, 6) is 0. The lowest BCUT2D eigenvalue weighted by Crippen LogP contribution is -2.09. The molecule has 0 unspecified atom stereocenters. The van der Waals surface area contributed by atoms with E-state index in [0.29, 0.717) is 16.6 Å². The Hall–Kier alpha value is -3.65. The van der Waals surface area contributed by atoms with Gasteiger partial charge in [0.1, 0.15) is 11.0 Å². The smallest absolute Gasteiger partial charge is 0.275 e. The maximum atomic E-state index is 12.4. The molecule has 0 aliphatic heterocycles. The van der Waals surface area contributed by atoms with Gasteiger partial charge in [-0.05, 0) is 29.8 Å². The molecule has 0 aliphatic carbocycles. The van der Waals surface area contributed by atoms with Gasteiger partial charge < -0.3 is 9.55 Å². The average Bonchev–Trinajstić information content (AvgIpc) is 3.04. The highest BCUT2D eigenvalue weighted by Crippen LogP contribution is 2.29. The lowest BCUT2D eigenvalue weighted by molar-refractivity contribution is 1.08. The minimum Gasteiger partial charge on any atom is -0.311 e. The molecule has 5 heteroatoms. The summed E-state index contributed by atoms with van der Waals surface area (Å²) in [7, 11) is 0. The fourth-order valence-corrected chi connectivity index (χ4v) is 2.83. The number of aromatic nitrogens is 3. The lowest BCUT2D eigenvalue weighted by Gasteiger charge is -2.03. The fourth-order valence-electron chi connectivity index (χ4n) is 2.83. The molecule has 5 nitrogen and oxygen atoms in total. The van der Waals surface area contributed by atoms with Crippen molar-refractivity contribution in [1.29, 1.82) is 5.26 Å². The second kappa shape index (κ2) is 5.52. The van der Waals surface area contributed by atoms with Gasteiger partial charge >= 0.3 is 0 Å². The van der Waals surface area contributed by atoms with Crippen molar-refractivity contribution in [3.63, 3.8) is 0 Å². The molecule has 0 atom stereocenters. The van der Waals surface area contributed by atoms with Gasteiger partial charge in [-0.2, -0.15) is 5.26 Å². The average molecular weight is 312 g/mol. The van der Waals surface area contributed by atoms with Crippen LogP contribution < -0.4 is 5.56 Å². The van der Waals surface area contributed by atoms with Crippen LogP contribution in [0.15, 0.2) is 71.9 Å². The van der Waals surface area contributed by atoms with Gasteiger partial charge in [-0.3, -0.25) is 4.79 Å². The van der Waals surface area contributed by atoms with Crippen molar-refractivity contribution in [1.82, 2.24) is 14.5 Å². The highest BCUT2D eigenvalue weighted by Gasteiger charge is 2.15. The predicted octanol–water partition coefficient (Wildman–Crippen LogP) is 3.25. The molecule has 4 aromatic rings. The Morgan fingerprint density at radius 2 is 1.92 bits per heavy atom. The summed E-state index contributed by atoms with van der Waals surface area (Å²) in [6.45, 7) is 0. The molecule has 0 bridgehead atoms. The van der Waals surface area contributed by atoms with E-state index in [1.807, 2.05) is 53.2 Å². The topological polar surface area (TPSA) is 74.5 Å². The largest absolute Gasteiger partial charge is 0.311 e. The monoisotopic (exact) mass is 312 g/mol. The number of nitrogens with one attached hydrogen (secondary N) is 1. The molecule has 1 N–H and O–H groups in total. The first kappa shape index (κ1) is 14.0. The van der Waals surface area contributed by atoms with Crippen LogP contribution in [0.3, 0.4) is 0 Å². The fraction of sp³-hybridized carbons (Fsp3) is 0. The van der Waals surface area contributed by atoms with Gasteiger partial charge in [0, 0.05) is 17.4 Å². The van der Waals surface area contributed by atoms with Gasteiger partial charge in [-0.15, -0.1) is 0 Å². The number of nitriles is 1. The van der Waals surface area contributed by atoms with Crippen molar-refractivity contribution in [3.8, 4) is 22.9 Å². The molecule has 0 amide bonds. The maximum Gasteiger partial charge on any atom is 0.275 e. The summed E-state index contributed by atoms with van der Waals surface area (Å²) in [6.07, 6.45) is 3.29. The Kier molecular flexibility index (Phi) is 3.22. The molecule has 0 fully saturated rings. The van der Waals surface area contributed by atoms with E-state index in [-0.39, 0.29) is 5.56 Å². The summed E-state index contributed by atoms with van der Waals surface area (Å²) in [5, 5.41) is 9.12. The Bertz CT molecular complexity index is 1130. The minimum absolute atomic E-state index is 0.202. The highest BCUT2D eigenvalue weighted by atomic mass is 16.1. The molecular weight excluding hydrogens is 300 g/mol. The van der Waals surface area contributed by atoms with Crippen molar-refractivity contribution in [2.75, 3.05) is 0 Å². The van der Waals surface area contributed by atoms with E-state index in [4.69, 9.17) is 5.26 Å². The molecule has 0 radical (unpaired) electrons. The number of rotatable bonds is 2. The van der Waals surface area contributed by atoms with E-state index < -0.39 is 0 Å². The van der Waals surface area contributed by atoms with Crippen molar-refractivity contribution in [2.45, 2.75) is 0 Å². The van der Waals surface area contributed by atoms with E-state index in [0.717, 1.165) is 16.8 Å². The predicted molar refractivity (Wildman–Crippen MR) is 91.8 cm³/mol. The van der Waals surface area contributed by atoms with Gasteiger partial charge in [0.25, 0.3) is 5.56 Å². The maximum absolute atomic E-state index is 12.4. The molecule has 0 saturated heterocycles. The standard InChI is InChI=1S/C19H12N4O/c20-10-13-5-4-6-14(9-13)16-11-23(15-7-2-1-3-8-15)18-17(16)21-12-22-19(18)24/h1-9,11-12H,(H,21,22,24). The van der Waals surface area contributed by atoms with E-state index >= 15 is 0 Å². The van der Waals surface area contributed by atoms with Crippen LogP contribution in [0, 0.1) is 11.3 Å². The highest BCUT2D eigenvalue weighted by molar-refractivity contribution is 5.93. The Labute approximate surface area is 137 Å². The van der Waals surface area contributed by atoms with Crippen LogP contribution in [-0.2, 0) is 0 Å². The first-order chi connectivity index (χ1) is 11.8. The molecule has 2 aromatic carbocycles. The molecule has 24 heavy (non-hydrogen) atoms. The third kappa shape index (κ3) is 2.18. The van der Waals surface area contributed by atoms with Crippen LogP contribution >= 0.6 is 0 Å². The third-order valence-corrected chi connectivity index (χ3v) is 3.92. The molecular formula is C19H12N4O. The third-order valence-electron chi connectivity index (χ3n) is 3.92. The molecule has 0 spiro atoms. The van der Waals surface area contributed by atoms with Crippen LogP contribution in [0.2, 0.25) is 0 Å². The number of hydrogen-bond donors (Lipinski definition) is 1. The molecule has 2 aromatic heterocycles. The molecule has 0 saturated carbocycles. The van der Waals surface area contributed by atoms with Gasteiger partial charge in [0.2, 0.25) is 0 Å². The van der Waals surface area contributed by atoms with E-state index in [1.165, 1.54) is 6.33 Å². The summed E-state index contributed by atoms with van der Waals surface area (Å²) in [4.78, 5) is 19.4. The summed E-state index contributed by atoms with van der Waals surface area (Å²) in [6, 6.07) is 19.1. The number of benzene rings is 2. The van der Waals surface area contributed by atoms with Gasteiger partial charge in [0.15, 0.2) is 0 Å². The molecule has 2 heterocycles. The lowest BCUT2D eigenvalue weighted by atomic mass is 10.1. The summed E-state index contributed by atoms with van der Waals surface area (Å²) in [5.41, 5.74) is 4.01. The second-order valence-electron chi connectivity index (χ2n) is 5.37. The van der Waals surface area contributed by atoms with Crippen molar-refractivity contribution < 1.29 is 0 Å². The summed E-state index contributed by atoms with van der Waals surface area (Å²) >= 11 is 0. The van der Waals surface area contributed by atoms with Crippen molar-refractivity contribution in [3.05, 3.63) is 83.0 Å². The zero-order valence-electron chi connectivity index (χ0n) is 12.6. The molecule has 4 rings (SSSR count). The first-order valence-electron chi connectivity index (χ1n) is 7.42. The number of para-hydroxylation sites is 1. The van der Waals surface area contributed by atoms with Gasteiger partial charge in [0.05, 0.1) is 18.0 Å². The quantitative estimate of drug-likeness (QED) is 0.617. The number of fused-ring (bicyclic) bond motifs is 1. The van der Waals surface area contributed by atoms with E-state index in [1.54, 1.807) is 12.1 Å². The zero-order chi connectivity index (χ0) is 16.5. The Morgan fingerprint density at radius 1 is 1.08 bits per heavy atom. The normalized spacial score (nSPS) is 10.6. The minimum atomic E-state index is -0.202. The SMILES string of the molecule is N#Cc1cccc(-c2cn(-c3ccccc3)c3c(=O)[nH]cnc23)c1. The molecule has 114 valence electrons. The zero-order valence-corrected chi connectivity index (χ0v) is 12.6. The number of aromatic amines is 1. The second-order valence-corrected chi connectivity index (χ2v) is 5.37. The number of H-pyrrole nitrogens is 1. The summed E-state index contributed by atoms with van der Waals surface area (Å²) < 4.78 is 1.83. The number of nitrogens with zero attached hydrogens (tertiary/aromatic N) is 3. The first-order valence-corrected chi connectivity index (χ1v) is 7.42. The Morgan fingerprint density at radius 3 is 2.71 bits per heavy atom. The van der Waals surface area contributed by atoms with Crippen LogP contribution in [0.5, 0.6) is 0 Å². The number of hydrogen-bond acceptors (Lipinski definition) is 3. The molecule has 0 aliphatic rings. The van der Waals surface area contributed by atoms with E-state index in [9.17, 15) is 4.79 Å². The van der Waals surface area contributed by atoms with E-state index in [2.05, 4.69) is 16.0 Å². The van der Waals surface area contributed by atoms with Crippen LogP contribution in [0.4, 0.5) is 0 Å².